The highest BCUT2D eigenvalue weighted by Crippen LogP contribution is 2.20. The summed E-state index contributed by atoms with van der Waals surface area (Å²) in [5.41, 5.74) is 3.37. The maximum absolute atomic E-state index is 12.8. The lowest BCUT2D eigenvalue weighted by Gasteiger charge is -2.33. The van der Waals surface area contributed by atoms with Crippen LogP contribution in [0.15, 0.2) is 63.0 Å². The van der Waals surface area contributed by atoms with E-state index >= 15 is 0 Å². The summed E-state index contributed by atoms with van der Waals surface area (Å²) in [6.45, 7) is 4.51. The predicted octanol–water partition coefficient (Wildman–Crippen LogP) is 2.69. The minimum absolute atomic E-state index is 0.160. The van der Waals surface area contributed by atoms with Gasteiger partial charge in [0.25, 0.3) is 5.91 Å². The maximum Gasteiger partial charge on any atom is 0.254 e. The molecule has 32 heavy (non-hydrogen) atoms. The molecule has 1 aliphatic rings. The van der Waals surface area contributed by atoms with Crippen molar-refractivity contribution in [1.29, 1.82) is 0 Å². The number of rotatable bonds is 9. The van der Waals surface area contributed by atoms with Crippen molar-refractivity contribution >= 4 is 38.1 Å². The average Bonchev–Trinajstić information content (AvgIpc) is 2.79. The third kappa shape index (κ3) is 6.86. The molecule has 10 heteroatoms. The van der Waals surface area contributed by atoms with E-state index in [1.54, 1.807) is 30.5 Å². The van der Waals surface area contributed by atoms with Gasteiger partial charge in [-0.15, -0.1) is 0 Å². The zero-order chi connectivity index (χ0) is 23.0. The van der Waals surface area contributed by atoms with Crippen LogP contribution in [0.4, 0.5) is 0 Å². The monoisotopic (exact) mass is 522 g/mol. The Kier molecular flexibility index (Phi) is 8.80. The van der Waals surface area contributed by atoms with E-state index in [0.29, 0.717) is 32.8 Å². The fourth-order valence-corrected chi connectivity index (χ4v) is 4.86. The van der Waals surface area contributed by atoms with Crippen LogP contribution in [0, 0.1) is 0 Å². The van der Waals surface area contributed by atoms with Gasteiger partial charge in [-0.1, -0.05) is 22.9 Å². The molecule has 0 saturated carbocycles. The highest BCUT2D eigenvalue weighted by Gasteiger charge is 2.28. The molecule has 0 atom stereocenters. The SMILES string of the molecule is CCCOc1ccc(/C=N/NC(=O)CN2CCN(S(=O)(=O)c3ccc(Br)cc3)CC2)cc1. The summed E-state index contributed by atoms with van der Waals surface area (Å²) in [6.07, 6.45) is 2.52. The summed E-state index contributed by atoms with van der Waals surface area (Å²) >= 11 is 3.31. The Labute approximate surface area is 197 Å². The van der Waals surface area contributed by atoms with Gasteiger partial charge in [-0.05, 0) is 60.5 Å². The first-order valence-electron chi connectivity index (χ1n) is 10.4. The Morgan fingerprint density at radius 3 is 2.38 bits per heavy atom. The molecule has 1 aliphatic heterocycles. The van der Waals surface area contributed by atoms with Crippen LogP contribution in [-0.4, -0.2) is 69.1 Å². The van der Waals surface area contributed by atoms with Crippen molar-refractivity contribution in [2.45, 2.75) is 18.2 Å². The highest BCUT2D eigenvalue weighted by molar-refractivity contribution is 9.10. The molecular formula is C22H27BrN4O4S. The number of carbonyl (C=O) groups excluding carboxylic acids is 1. The Morgan fingerprint density at radius 2 is 1.75 bits per heavy atom. The lowest BCUT2D eigenvalue weighted by Crippen LogP contribution is -2.50. The molecule has 0 aromatic heterocycles. The molecule has 1 fully saturated rings. The smallest absolute Gasteiger partial charge is 0.254 e. The van der Waals surface area contributed by atoms with Gasteiger partial charge in [0.1, 0.15) is 5.75 Å². The van der Waals surface area contributed by atoms with Gasteiger partial charge in [0.05, 0.1) is 24.3 Å². The zero-order valence-electron chi connectivity index (χ0n) is 17.9. The van der Waals surface area contributed by atoms with Crippen LogP contribution in [0.25, 0.3) is 0 Å². The zero-order valence-corrected chi connectivity index (χ0v) is 20.3. The second-order valence-corrected chi connectivity index (χ2v) is 10.2. The van der Waals surface area contributed by atoms with Gasteiger partial charge < -0.3 is 4.74 Å². The molecule has 1 saturated heterocycles. The van der Waals surface area contributed by atoms with Crippen LogP contribution < -0.4 is 10.2 Å². The largest absolute Gasteiger partial charge is 0.494 e. The number of halogens is 1. The summed E-state index contributed by atoms with van der Waals surface area (Å²) in [5, 5.41) is 4.00. The van der Waals surface area contributed by atoms with E-state index < -0.39 is 10.0 Å². The van der Waals surface area contributed by atoms with Gasteiger partial charge >= 0.3 is 0 Å². The molecule has 8 nitrogen and oxygen atoms in total. The molecule has 0 spiro atoms. The fourth-order valence-electron chi connectivity index (χ4n) is 3.17. The molecule has 0 unspecified atom stereocenters. The number of hydrazone groups is 1. The van der Waals surface area contributed by atoms with Crippen LogP contribution in [-0.2, 0) is 14.8 Å². The molecule has 1 heterocycles. The molecule has 1 amide bonds. The van der Waals surface area contributed by atoms with E-state index in [4.69, 9.17) is 4.74 Å². The van der Waals surface area contributed by atoms with Gasteiger partial charge in [-0.3, -0.25) is 9.69 Å². The van der Waals surface area contributed by atoms with Gasteiger partial charge in [-0.2, -0.15) is 9.41 Å². The van der Waals surface area contributed by atoms with E-state index in [9.17, 15) is 13.2 Å². The molecule has 0 radical (unpaired) electrons. The van der Waals surface area contributed by atoms with E-state index in [0.717, 1.165) is 22.2 Å². The summed E-state index contributed by atoms with van der Waals surface area (Å²) in [5.74, 6) is 0.558. The first kappa shape index (κ1) is 24.4. The van der Waals surface area contributed by atoms with Crippen LogP contribution in [0.2, 0.25) is 0 Å². The van der Waals surface area contributed by atoms with E-state index in [1.807, 2.05) is 29.2 Å². The number of amides is 1. The van der Waals surface area contributed by atoms with Crippen LogP contribution in [0.3, 0.4) is 0 Å². The molecule has 2 aromatic carbocycles. The summed E-state index contributed by atoms with van der Waals surface area (Å²) in [6, 6.07) is 14.1. The van der Waals surface area contributed by atoms with Gasteiger partial charge in [0.2, 0.25) is 10.0 Å². The second-order valence-electron chi connectivity index (χ2n) is 7.34. The van der Waals surface area contributed by atoms with Crippen molar-refractivity contribution in [3.63, 3.8) is 0 Å². The lowest BCUT2D eigenvalue weighted by atomic mass is 10.2. The first-order valence-corrected chi connectivity index (χ1v) is 12.6. The number of nitrogens with one attached hydrogen (secondary N) is 1. The molecule has 2 aromatic rings. The third-order valence-corrected chi connectivity index (χ3v) is 7.35. The lowest BCUT2D eigenvalue weighted by molar-refractivity contribution is -0.122. The summed E-state index contributed by atoms with van der Waals surface area (Å²) in [4.78, 5) is 14.4. The van der Waals surface area contributed by atoms with Crippen molar-refractivity contribution in [1.82, 2.24) is 14.6 Å². The first-order chi connectivity index (χ1) is 15.4. The van der Waals surface area contributed by atoms with Crippen molar-refractivity contribution in [3.8, 4) is 5.75 Å². The summed E-state index contributed by atoms with van der Waals surface area (Å²) in [7, 11) is -3.53. The quantitative estimate of drug-likeness (QED) is 0.403. The molecule has 3 rings (SSSR count). The third-order valence-electron chi connectivity index (χ3n) is 4.91. The standard InChI is InChI=1S/C22H27BrN4O4S/c1-2-15-31-20-7-3-18(4-8-20)16-24-25-22(28)17-26-11-13-27(14-12-26)32(29,30)21-9-5-19(23)6-10-21/h3-10,16H,2,11-15,17H2,1H3,(H,25,28)/b24-16+. The Hall–Kier alpha value is -2.27. The van der Waals surface area contributed by atoms with Gasteiger partial charge in [0, 0.05) is 30.7 Å². The predicted molar refractivity (Wildman–Crippen MR) is 127 cm³/mol. The number of ether oxygens (including phenoxy) is 1. The van der Waals surface area contributed by atoms with Crippen molar-refractivity contribution in [2.24, 2.45) is 5.10 Å². The van der Waals surface area contributed by atoms with Gasteiger partial charge in [0.15, 0.2) is 0 Å². The number of hydrogen-bond acceptors (Lipinski definition) is 6. The highest BCUT2D eigenvalue weighted by atomic mass is 79.9. The fraction of sp³-hybridized carbons (Fsp3) is 0.364. The molecule has 172 valence electrons. The number of sulfonamides is 1. The van der Waals surface area contributed by atoms with Gasteiger partial charge in [-0.25, -0.2) is 13.8 Å². The Bertz CT molecular complexity index is 1020. The Morgan fingerprint density at radius 1 is 1.09 bits per heavy atom. The number of carbonyl (C=O) groups is 1. The van der Waals surface area contributed by atoms with Crippen molar-refractivity contribution in [2.75, 3.05) is 39.3 Å². The maximum atomic E-state index is 12.8. The summed E-state index contributed by atoms with van der Waals surface area (Å²) < 4.78 is 33.3. The number of piperazine rings is 1. The van der Waals surface area contributed by atoms with Crippen LogP contribution in [0.1, 0.15) is 18.9 Å². The number of nitrogens with zero attached hydrogens (tertiary/aromatic N) is 3. The molecule has 0 aliphatic carbocycles. The Balaban J connectivity index is 1.43. The topological polar surface area (TPSA) is 91.3 Å². The normalized spacial score (nSPS) is 15.7. The van der Waals surface area contributed by atoms with Crippen molar-refractivity contribution in [3.05, 3.63) is 58.6 Å². The van der Waals surface area contributed by atoms with Crippen LogP contribution >= 0.6 is 15.9 Å². The second kappa shape index (κ2) is 11.6. The molecular weight excluding hydrogens is 496 g/mol. The minimum Gasteiger partial charge on any atom is -0.494 e. The minimum atomic E-state index is -3.53. The van der Waals surface area contributed by atoms with E-state index in [2.05, 4.69) is 33.4 Å². The van der Waals surface area contributed by atoms with E-state index in [-0.39, 0.29) is 17.3 Å². The number of benzene rings is 2. The number of hydrogen-bond donors (Lipinski definition) is 1. The molecule has 1 N–H and O–H groups in total. The average molecular weight is 523 g/mol. The molecule has 0 bridgehead atoms. The van der Waals surface area contributed by atoms with Crippen LogP contribution in [0.5, 0.6) is 5.75 Å². The van der Waals surface area contributed by atoms with Crippen molar-refractivity contribution < 1.29 is 17.9 Å². The van der Waals surface area contributed by atoms with E-state index in [1.165, 1.54) is 4.31 Å².